The van der Waals surface area contributed by atoms with E-state index in [1.807, 2.05) is 0 Å². The van der Waals surface area contributed by atoms with Crippen molar-refractivity contribution < 1.29 is 119 Å². The van der Waals surface area contributed by atoms with E-state index in [4.69, 9.17) is 23.7 Å². The Balaban J connectivity index is 0.000000216. The van der Waals surface area contributed by atoms with Crippen LogP contribution in [-0.2, 0) is 44.9 Å². The Morgan fingerprint density at radius 2 is 0.764 bits per heavy atom. The number of aryl methyl sites for hydroxylation is 2. The summed E-state index contributed by atoms with van der Waals surface area (Å²) in [6.45, 7) is 5.36. The van der Waals surface area contributed by atoms with E-state index >= 15 is 0 Å². The first-order valence-electron chi connectivity index (χ1n) is 26.2. The van der Waals surface area contributed by atoms with Crippen molar-refractivity contribution >= 4 is 123 Å². The molecule has 4 aromatic rings. The van der Waals surface area contributed by atoms with Crippen LogP contribution in [-0.4, -0.2) is 188 Å². The van der Waals surface area contributed by atoms with E-state index < -0.39 is 134 Å². The van der Waals surface area contributed by atoms with Crippen LogP contribution in [0, 0.1) is 56.8 Å². The molecule has 0 fully saturated rings. The number of hydrogen-bond donors (Lipinski definition) is 12. The average molecular weight is 1330 g/mol. The van der Waals surface area contributed by atoms with Crippen LogP contribution in [0.4, 0.5) is 22.0 Å². The minimum atomic E-state index is -1.56. The number of aromatic carboxylic acids is 4. The lowest BCUT2D eigenvalue weighted by atomic mass is 9.72. The van der Waals surface area contributed by atoms with Gasteiger partial charge in [0.2, 0.25) is 23.6 Å². The van der Waals surface area contributed by atoms with Gasteiger partial charge >= 0.3 is 52.4 Å². The highest BCUT2D eigenvalue weighted by atomic mass is 32.2. The summed E-state index contributed by atoms with van der Waals surface area (Å²) < 4.78 is 90.6. The molecule has 0 aromatic heterocycles. The molecule has 4 aliphatic heterocycles. The van der Waals surface area contributed by atoms with Crippen LogP contribution in [0.5, 0.6) is 23.0 Å². The molecule has 8 rings (SSSR count). The number of carbonyl (C=O) groups excluding carboxylic acids is 4. The van der Waals surface area contributed by atoms with Gasteiger partial charge in [-0.15, -0.1) is 0 Å². The van der Waals surface area contributed by atoms with Gasteiger partial charge in [0.25, 0.3) is 0 Å². The monoisotopic (exact) mass is 1330 g/mol. The molecule has 4 heterocycles. The van der Waals surface area contributed by atoms with E-state index in [-0.39, 0.29) is 123 Å². The highest BCUT2D eigenvalue weighted by Gasteiger charge is 2.44. The van der Waals surface area contributed by atoms with Crippen molar-refractivity contribution in [3.05, 3.63) is 114 Å². The Bertz CT molecular complexity index is 3320. The molecule has 37 heteroatoms. The van der Waals surface area contributed by atoms with Gasteiger partial charge in [-0.3, -0.25) is 19.2 Å². The number of hydrogen-bond acceptors (Lipinski definition) is 20. The first kappa shape index (κ1) is 72.7. The van der Waals surface area contributed by atoms with Crippen LogP contribution in [0.2, 0.25) is 0 Å². The average Bonchev–Trinajstić information content (AvgIpc) is 0.962. The second kappa shape index (κ2) is 32.1. The third-order valence-electron chi connectivity index (χ3n) is 13.6. The van der Waals surface area contributed by atoms with Gasteiger partial charge in [-0.25, -0.2) is 41.1 Å². The fourth-order valence-corrected chi connectivity index (χ4v) is 10.9. The minimum Gasteiger partial charge on any atom is -0.534 e. The summed E-state index contributed by atoms with van der Waals surface area (Å²) in [5.74, 6) is -14.8. The summed E-state index contributed by atoms with van der Waals surface area (Å²) >= 11 is 5.22. The van der Waals surface area contributed by atoms with E-state index in [2.05, 4.69) is 21.3 Å². The van der Waals surface area contributed by atoms with E-state index in [9.17, 15) is 95.7 Å². The first-order chi connectivity index (χ1) is 41.8. The lowest BCUT2D eigenvalue weighted by Gasteiger charge is -2.30. The van der Waals surface area contributed by atoms with E-state index in [1.165, 1.54) is 80.0 Å². The number of thioether (sulfide) groups is 4. The molecule has 0 radical (unpaired) electrons. The minimum absolute atomic E-state index is 0.0387. The van der Waals surface area contributed by atoms with Crippen molar-refractivity contribution in [2.75, 3.05) is 48.0 Å². The number of rotatable bonds is 16. The van der Waals surface area contributed by atoms with E-state index in [0.29, 0.717) is 11.1 Å². The SMILES string of the molecule is CSCC(=O)N[C@H]1Cc2c(F)c(F)c(C)c(C(=O)O)c2OB1O.CSCC(=O)N[C@H]1Cc2c(F)cc(C)c(C(=O)O)c2OB1O.CSCC(=O)N[C@H]1Cc2cc(C)c(F)c(C(=O)O)c2OB1O.CSCC(=O)N[C@H]1Cc2cc(F)c(C)c(C(=O)O)c2OB1O. The smallest absolute Gasteiger partial charge is 0.534 e. The molecule has 478 valence electrons. The summed E-state index contributed by atoms with van der Waals surface area (Å²) in [6, 6.07) is 3.76. The molecular weight excluding hydrogens is 1270 g/mol. The fourth-order valence-electron chi connectivity index (χ4n) is 9.55. The van der Waals surface area contributed by atoms with Crippen LogP contribution >= 0.6 is 47.0 Å². The Morgan fingerprint density at radius 1 is 0.427 bits per heavy atom. The summed E-state index contributed by atoms with van der Waals surface area (Å²) in [5, 5.41) is 86.8. The van der Waals surface area contributed by atoms with Crippen LogP contribution in [0.1, 0.15) is 85.9 Å². The van der Waals surface area contributed by atoms with Crippen molar-refractivity contribution in [3.8, 4) is 23.0 Å². The molecule has 0 unspecified atom stereocenters. The number of amides is 4. The Kier molecular flexibility index (Phi) is 26.3. The Hall–Kier alpha value is -7.01. The van der Waals surface area contributed by atoms with Gasteiger partial charge in [-0.05, 0) is 119 Å². The molecule has 4 amide bonds. The normalized spacial score (nSPS) is 16.7. The molecule has 4 aromatic carbocycles. The van der Waals surface area contributed by atoms with Gasteiger partial charge in [-0.1, -0.05) is 0 Å². The number of benzene rings is 4. The zero-order valence-electron chi connectivity index (χ0n) is 48.5. The van der Waals surface area contributed by atoms with Gasteiger partial charge in [0.05, 0.1) is 46.8 Å². The van der Waals surface area contributed by atoms with Crippen LogP contribution in [0.25, 0.3) is 0 Å². The van der Waals surface area contributed by atoms with Gasteiger partial charge in [-0.2, -0.15) is 47.0 Å². The van der Waals surface area contributed by atoms with Crippen LogP contribution in [0.3, 0.4) is 0 Å². The van der Waals surface area contributed by atoms with Crippen LogP contribution in [0.15, 0.2) is 18.2 Å². The number of fused-ring (bicyclic) bond motifs is 4. The standard InChI is InChI=1S/C13H14BF2NO5S.3C13H15BFNO5S/c1-5-9(13(19)20)12-6(11(16)10(5)15)3-7(14(21)22-12)17-8(18)4-23-2;1-6-8(15)3-7-4-9(16-10(17)5-22-2)14(20)21-12(7)11(6)13(18)19;1-6-3-8(15)7-4-9(16-10(17)5-22-2)14(20)21-12(7)11(6)13(18)19;1-6-3-7-4-8(16-9(17)5-22-2)14(20)21-12(7)10(11(6)15)13(18)19/h7,21H,3-4H2,1-2H3,(H,17,18)(H,19,20);2*3,9,20H,4-5H2,1-2H3,(H,16,17)(H,18,19);3,8,20H,4-5H2,1-2H3,(H,16,17)(H,18,19)/t7-;2*9-;8-/m0000/s1. The molecule has 0 bridgehead atoms. The maximum absolute atomic E-state index is 14.1. The highest BCUT2D eigenvalue weighted by Crippen LogP contribution is 2.39. The molecule has 0 aliphatic carbocycles. The van der Waals surface area contributed by atoms with Gasteiger partial charge in [0.15, 0.2) is 11.6 Å². The zero-order valence-corrected chi connectivity index (χ0v) is 51.8. The molecule has 0 saturated carbocycles. The number of halogens is 5. The number of carbonyl (C=O) groups is 8. The topological polar surface area (TPSA) is 383 Å². The van der Waals surface area contributed by atoms with Crippen molar-refractivity contribution in [1.29, 1.82) is 0 Å². The fraction of sp³-hybridized carbons (Fsp3) is 0.385. The maximum Gasteiger partial charge on any atom is 0.547 e. The predicted molar refractivity (Wildman–Crippen MR) is 323 cm³/mol. The van der Waals surface area contributed by atoms with Crippen LogP contribution < -0.4 is 39.9 Å². The van der Waals surface area contributed by atoms with Gasteiger partial charge in [0.1, 0.15) is 62.7 Å². The van der Waals surface area contributed by atoms with Crippen molar-refractivity contribution in [2.45, 2.75) is 77.1 Å². The molecule has 89 heavy (non-hydrogen) atoms. The number of carboxylic acid groups (broad SMARTS) is 4. The summed E-state index contributed by atoms with van der Waals surface area (Å²) in [7, 11) is -5.81. The summed E-state index contributed by atoms with van der Waals surface area (Å²) in [4.78, 5) is 91.5. The third-order valence-corrected chi connectivity index (χ3v) is 15.8. The molecule has 0 spiro atoms. The molecule has 4 atom stereocenters. The molecular formula is C52H59B4F5N4O20S4. The summed E-state index contributed by atoms with van der Waals surface area (Å²) in [6.07, 6.45) is 6.94. The first-order valence-corrected chi connectivity index (χ1v) is 31.8. The lowest BCUT2D eigenvalue weighted by molar-refractivity contribution is -0.119. The van der Waals surface area contributed by atoms with E-state index in [0.717, 1.165) is 13.0 Å². The number of carboxylic acids is 4. The molecule has 12 N–H and O–H groups in total. The van der Waals surface area contributed by atoms with E-state index in [1.54, 1.807) is 25.0 Å². The van der Waals surface area contributed by atoms with Crippen molar-refractivity contribution in [3.63, 3.8) is 0 Å². The Morgan fingerprint density at radius 3 is 1.16 bits per heavy atom. The van der Waals surface area contributed by atoms with Gasteiger partial charge < -0.3 is 80.4 Å². The quantitative estimate of drug-likeness (QED) is 0.0567. The van der Waals surface area contributed by atoms with Gasteiger partial charge in [0, 0.05) is 22.3 Å². The predicted octanol–water partition coefficient (Wildman–Crippen LogP) is 2.68. The third kappa shape index (κ3) is 17.7. The maximum atomic E-state index is 14.1. The Labute approximate surface area is 523 Å². The largest absolute Gasteiger partial charge is 0.547 e. The molecule has 24 nitrogen and oxygen atoms in total. The second-order valence-electron chi connectivity index (χ2n) is 20.0. The zero-order chi connectivity index (χ0) is 66.6. The highest BCUT2D eigenvalue weighted by molar-refractivity contribution is 7.99. The molecule has 4 aliphatic rings. The van der Waals surface area contributed by atoms with Crippen molar-refractivity contribution in [1.82, 2.24) is 21.3 Å². The lowest BCUT2D eigenvalue weighted by Crippen LogP contribution is -2.54. The second-order valence-corrected chi connectivity index (χ2v) is 23.5. The summed E-state index contributed by atoms with van der Waals surface area (Å²) in [5.41, 5.74) is -1.22. The molecule has 0 saturated heterocycles. The van der Waals surface area contributed by atoms with Crippen molar-refractivity contribution in [2.24, 2.45) is 0 Å². The number of nitrogens with one attached hydrogen (secondary N) is 4.